The molecule has 1 aliphatic rings. The molecule has 6 nitrogen and oxygen atoms in total. The van der Waals surface area contributed by atoms with Gasteiger partial charge in [-0.3, -0.25) is 0 Å². The molecule has 6 heteroatoms. The largest absolute Gasteiger partial charge is 0.396 e. The van der Waals surface area contributed by atoms with Crippen molar-refractivity contribution in [3.63, 3.8) is 0 Å². The van der Waals surface area contributed by atoms with E-state index in [-0.39, 0.29) is 6.61 Å². The minimum absolute atomic E-state index is 0.379. The van der Waals surface area contributed by atoms with E-state index in [4.69, 9.17) is 5.11 Å². The predicted octanol–water partition coefficient (Wildman–Crippen LogP) is -4.34. The highest BCUT2D eigenvalue weighted by molar-refractivity contribution is 4.97. The highest BCUT2D eigenvalue weighted by Gasteiger charge is 2.49. The van der Waals surface area contributed by atoms with Crippen molar-refractivity contribution in [3.8, 4) is 0 Å². The summed E-state index contributed by atoms with van der Waals surface area (Å²) in [6.07, 6.45) is -5.29. The van der Waals surface area contributed by atoms with E-state index in [0.717, 1.165) is 0 Å². The second kappa shape index (κ2) is 3.87. The van der Waals surface area contributed by atoms with Gasteiger partial charge in [0.15, 0.2) is 0 Å². The average Bonchev–Trinajstić information content (AvgIpc) is 2.13. The Morgan fingerprint density at radius 1 is 0.846 bits per heavy atom. The Labute approximate surface area is 75.2 Å². The Morgan fingerprint density at radius 2 is 1.31 bits per heavy atom. The predicted molar refractivity (Wildman–Crippen MR) is 41.3 cm³/mol. The van der Waals surface area contributed by atoms with Gasteiger partial charge in [-0.1, -0.05) is 0 Å². The molecule has 1 aliphatic carbocycles. The van der Waals surface area contributed by atoms with Crippen molar-refractivity contribution in [2.45, 2.75) is 30.5 Å². The van der Waals surface area contributed by atoms with Crippen LogP contribution >= 0.6 is 0 Å². The fourth-order valence-electron chi connectivity index (χ4n) is 1.66. The lowest BCUT2D eigenvalue weighted by atomic mass is 9.78. The smallest absolute Gasteiger partial charge is 0.134 e. The molecule has 0 amide bonds. The molecule has 6 atom stereocenters. The molecule has 1 saturated carbocycles. The molecular formula is C7H16NO5+. The third kappa shape index (κ3) is 1.69. The molecule has 1 fully saturated rings. The van der Waals surface area contributed by atoms with Crippen LogP contribution in [0.1, 0.15) is 0 Å². The van der Waals surface area contributed by atoms with Crippen molar-refractivity contribution in [1.82, 2.24) is 0 Å². The quantitative estimate of drug-likeness (QED) is 0.251. The SMILES string of the molecule is [NH3+][C@H]1[C@H](O)[C@H](O)[C@@H](O)[C@H](O)[C@H]1CO. The molecule has 13 heavy (non-hydrogen) atoms. The monoisotopic (exact) mass is 194 g/mol. The zero-order chi connectivity index (χ0) is 10.2. The van der Waals surface area contributed by atoms with Crippen LogP contribution in [0.4, 0.5) is 0 Å². The summed E-state index contributed by atoms with van der Waals surface area (Å²) in [5, 5.41) is 46.0. The Balaban J connectivity index is 2.79. The van der Waals surface area contributed by atoms with Crippen LogP contribution in [0.2, 0.25) is 0 Å². The highest BCUT2D eigenvalue weighted by atomic mass is 16.4. The molecule has 0 bridgehead atoms. The molecule has 8 N–H and O–H groups in total. The lowest BCUT2D eigenvalue weighted by molar-refractivity contribution is -0.472. The van der Waals surface area contributed by atoms with Gasteiger partial charge >= 0.3 is 0 Å². The Kier molecular flexibility index (Phi) is 3.23. The van der Waals surface area contributed by atoms with Crippen molar-refractivity contribution in [1.29, 1.82) is 0 Å². The van der Waals surface area contributed by atoms with Gasteiger partial charge in [-0.25, -0.2) is 0 Å². The maximum Gasteiger partial charge on any atom is 0.134 e. The minimum Gasteiger partial charge on any atom is -0.396 e. The van der Waals surface area contributed by atoms with Gasteiger partial charge in [-0.15, -0.1) is 0 Å². The molecule has 1 rings (SSSR count). The first-order valence-corrected chi connectivity index (χ1v) is 4.17. The van der Waals surface area contributed by atoms with Gasteiger partial charge in [0.25, 0.3) is 0 Å². The molecule has 0 unspecified atom stereocenters. The first-order valence-electron chi connectivity index (χ1n) is 4.17. The third-order valence-corrected chi connectivity index (χ3v) is 2.69. The van der Waals surface area contributed by atoms with E-state index in [1.165, 1.54) is 0 Å². The number of rotatable bonds is 1. The molecule has 0 aromatic heterocycles. The fourth-order valence-corrected chi connectivity index (χ4v) is 1.66. The van der Waals surface area contributed by atoms with Crippen LogP contribution in [0.3, 0.4) is 0 Å². The summed E-state index contributed by atoms with van der Waals surface area (Å²) in [5.41, 5.74) is 3.52. The van der Waals surface area contributed by atoms with Crippen LogP contribution in [0.25, 0.3) is 0 Å². The molecule has 0 aromatic carbocycles. The van der Waals surface area contributed by atoms with Gasteiger partial charge in [0.2, 0.25) is 0 Å². The van der Waals surface area contributed by atoms with Crippen molar-refractivity contribution in [3.05, 3.63) is 0 Å². The van der Waals surface area contributed by atoms with Crippen LogP contribution in [-0.4, -0.2) is 62.6 Å². The molecule has 0 heterocycles. The van der Waals surface area contributed by atoms with E-state index in [9.17, 15) is 20.4 Å². The summed E-state index contributed by atoms with van der Waals surface area (Å²) in [7, 11) is 0. The number of aliphatic hydroxyl groups excluding tert-OH is 5. The molecular weight excluding hydrogens is 178 g/mol. The third-order valence-electron chi connectivity index (χ3n) is 2.69. The van der Waals surface area contributed by atoms with Crippen molar-refractivity contribution in [2.24, 2.45) is 5.92 Å². The molecule has 0 aliphatic heterocycles. The van der Waals surface area contributed by atoms with E-state index in [2.05, 4.69) is 5.73 Å². The van der Waals surface area contributed by atoms with Crippen molar-refractivity contribution < 1.29 is 31.3 Å². The van der Waals surface area contributed by atoms with Crippen LogP contribution < -0.4 is 5.73 Å². The summed E-state index contributed by atoms with van der Waals surface area (Å²) >= 11 is 0. The van der Waals surface area contributed by atoms with Gasteiger partial charge in [0.05, 0.1) is 18.6 Å². The normalized spacial score (nSPS) is 52.2. The van der Waals surface area contributed by atoms with Crippen LogP contribution in [0.15, 0.2) is 0 Å². The van der Waals surface area contributed by atoms with Crippen LogP contribution in [-0.2, 0) is 0 Å². The molecule has 78 valence electrons. The summed E-state index contributed by atoms with van der Waals surface area (Å²) in [6, 6.07) is -0.682. The first-order chi connectivity index (χ1) is 6.00. The summed E-state index contributed by atoms with van der Waals surface area (Å²) in [6.45, 7) is -0.379. The molecule has 0 aromatic rings. The lowest BCUT2D eigenvalue weighted by Crippen LogP contribution is -2.78. The van der Waals surface area contributed by atoms with Gasteiger partial charge in [-0.05, 0) is 0 Å². The zero-order valence-electron chi connectivity index (χ0n) is 7.11. The second-order valence-electron chi connectivity index (χ2n) is 3.47. The van der Waals surface area contributed by atoms with E-state index < -0.39 is 36.4 Å². The molecule has 0 radical (unpaired) electrons. The van der Waals surface area contributed by atoms with E-state index in [1.807, 2.05) is 0 Å². The average molecular weight is 194 g/mol. The van der Waals surface area contributed by atoms with E-state index in [0.29, 0.717) is 0 Å². The zero-order valence-corrected chi connectivity index (χ0v) is 7.11. The maximum absolute atomic E-state index is 9.37. The second-order valence-corrected chi connectivity index (χ2v) is 3.47. The van der Waals surface area contributed by atoms with Gasteiger partial charge < -0.3 is 31.3 Å². The minimum atomic E-state index is -1.43. The number of hydrogen-bond acceptors (Lipinski definition) is 5. The lowest BCUT2D eigenvalue weighted by Gasteiger charge is -2.39. The maximum atomic E-state index is 9.37. The summed E-state index contributed by atoms with van der Waals surface area (Å²) in [5.74, 6) is -0.701. The number of quaternary nitrogens is 1. The fraction of sp³-hybridized carbons (Fsp3) is 1.00. The van der Waals surface area contributed by atoms with Gasteiger partial charge in [0, 0.05) is 0 Å². The highest BCUT2D eigenvalue weighted by Crippen LogP contribution is 2.23. The van der Waals surface area contributed by atoms with Crippen LogP contribution in [0.5, 0.6) is 0 Å². The Morgan fingerprint density at radius 3 is 1.77 bits per heavy atom. The van der Waals surface area contributed by atoms with E-state index >= 15 is 0 Å². The topological polar surface area (TPSA) is 129 Å². The number of aliphatic hydroxyl groups is 5. The van der Waals surface area contributed by atoms with Crippen molar-refractivity contribution in [2.75, 3.05) is 6.61 Å². The Hall–Kier alpha value is -0.240. The van der Waals surface area contributed by atoms with Crippen LogP contribution in [0, 0.1) is 5.92 Å². The first kappa shape index (κ1) is 10.8. The van der Waals surface area contributed by atoms with Gasteiger partial charge in [0.1, 0.15) is 24.4 Å². The summed E-state index contributed by atoms with van der Waals surface area (Å²) in [4.78, 5) is 0. The number of hydrogen-bond donors (Lipinski definition) is 6. The molecule has 0 spiro atoms. The Bertz CT molecular complexity index is 162. The van der Waals surface area contributed by atoms with Gasteiger partial charge in [-0.2, -0.15) is 0 Å². The van der Waals surface area contributed by atoms with Crippen molar-refractivity contribution >= 4 is 0 Å². The summed E-state index contributed by atoms with van der Waals surface area (Å²) < 4.78 is 0. The standard InChI is InChI=1S/C7H15NO5/c8-3-2(1-9)4(10)6(12)7(13)5(3)11/h2-7,9-13H,1,8H2/p+1/t2-,3+,4+,5-,6-,7-/m0/s1. The van der Waals surface area contributed by atoms with E-state index in [1.54, 1.807) is 0 Å². The molecule has 0 saturated heterocycles.